The minimum Gasteiger partial charge on any atom is -0.416 e. The lowest BCUT2D eigenvalue weighted by atomic mass is 9.87. The smallest absolute Gasteiger partial charge is 0.416 e. The molecule has 3 nitrogen and oxygen atoms in total. The molecule has 0 bridgehead atoms. The average molecular weight is 517 g/mol. The number of rotatable bonds is 12. The van der Waals surface area contributed by atoms with Crippen LogP contribution in [-0.4, -0.2) is 12.0 Å². The van der Waals surface area contributed by atoms with Crippen LogP contribution in [0.2, 0.25) is 0 Å². The van der Waals surface area contributed by atoms with Crippen LogP contribution in [-0.2, 0) is 10.7 Å². The maximum atomic E-state index is 13.9. The second-order valence-electron chi connectivity index (χ2n) is 9.02. The third-order valence-corrected chi connectivity index (χ3v) is 8.64. The molecule has 5 heteroatoms. The molecule has 0 aliphatic heterocycles. The first kappa shape index (κ1) is 26.1. The zero-order valence-corrected chi connectivity index (χ0v) is 22.5. The Labute approximate surface area is 219 Å². The predicted molar refractivity (Wildman–Crippen MR) is 152 cm³/mol. The van der Waals surface area contributed by atoms with E-state index in [-0.39, 0.29) is 6.16 Å². The highest BCUT2D eigenvalue weighted by molar-refractivity contribution is 7.98. The van der Waals surface area contributed by atoms with Gasteiger partial charge in [-0.3, -0.25) is 0 Å². The summed E-state index contributed by atoms with van der Waals surface area (Å²) >= 11 is 1.87. The topological polar surface area (TPSA) is 35.5 Å². The molecule has 36 heavy (non-hydrogen) atoms. The number of hydrogen-bond acceptors (Lipinski definition) is 4. The van der Waals surface area contributed by atoms with Crippen LogP contribution in [0, 0.1) is 0 Å². The van der Waals surface area contributed by atoms with Gasteiger partial charge in [0.05, 0.1) is 6.16 Å². The van der Waals surface area contributed by atoms with Crippen LogP contribution in [0.3, 0.4) is 0 Å². The molecule has 186 valence electrons. The van der Waals surface area contributed by atoms with E-state index in [1.54, 1.807) is 24.3 Å². The fourth-order valence-corrected chi connectivity index (χ4v) is 6.77. The number of thioether (sulfide) groups is 1. The summed E-state index contributed by atoms with van der Waals surface area (Å²) in [5.41, 5.74) is 3.60. The normalized spacial score (nSPS) is 13.1. The molecular formula is C31H33O3PS. The number of benzene rings is 4. The molecule has 0 fully saturated rings. The quantitative estimate of drug-likeness (QED) is 0.176. The van der Waals surface area contributed by atoms with Crippen LogP contribution in [0.5, 0.6) is 11.5 Å². The Morgan fingerprint density at radius 2 is 1.19 bits per heavy atom. The lowest BCUT2D eigenvalue weighted by Gasteiger charge is -2.22. The van der Waals surface area contributed by atoms with E-state index in [1.807, 2.05) is 48.2 Å². The van der Waals surface area contributed by atoms with Crippen molar-refractivity contribution in [1.82, 2.24) is 0 Å². The van der Waals surface area contributed by atoms with Crippen LogP contribution in [0.15, 0.2) is 115 Å². The van der Waals surface area contributed by atoms with Gasteiger partial charge in [-0.05, 0) is 71.2 Å². The fourth-order valence-electron chi connectivity index (χ4n) is 4.33. The molecule has 2 unspecified atom stereocenters. The Morgan fingerprint density at radius 3 is 1.69 bits per heavy atom. The van der Waals surface area contributed by atoms with E-state index < -0.39 is 7.60 Å². The Kier molecular flexibility index (Phi) is 9.33. The first-order valence-electron chi connectivity index (χ1n) is 12.3. The Bertz CT molecular complexity index is 1190. The molecule has 0 N–H and O–H groups in total. The van der Waals surface area contributed by atoms with Crippen molar-refractivity contribution in [2.24, 2.45) is 0 Å². The molecule has 0 saturated carbocycles. The summed E-state index contributed by atoms with van der Waals surface area (Å²) in [6, 6.07) is 37.6. The summed E-state index contributed by atoms with van der Waals surface area (Å²) in [5, 5.41) is 0. The summed E-state index contributed by atoms with van der Waals surface area (Å²) in [6.07, 6.45) is 3.42. The van der Waals surface area contributed by atoms with Gasteiger partial charge in [0.25, 0.3) is 0 Å². The van der Waals surface area contributed by atoms with E-state index in [1.165, 1.54) is 11.1 Å². The first-order valence-corrected chi connectivity index (χ1v) is 15.4. The zero-order chi connectivity index (χ0) is 25.2. The fraction of sp³-hybridized carbons (Fsp3) is 0.226. The third-order valence-electron chi connectivity index (χ3n) is 6.18. The van der Waals surface area contributed by atoms with Crippen molar-refractivity contribution in [1.29, 1.82) is 0 Å². The Morgan fingerprint density at radius 1 is 0.694 bits per heavy atom. The lowest BCUT2D eigenvalue weighted by Crippen LogP contribution is -2.08. The van der Waals surface area contributed by atoms with Crippen LogP contribution in [0.25, 0.3) is 0 Å². The molecule has 0 radical (unpaired) electrons. The highest BCUT2D eigenvalue weighted by atomic mass is 32.2. The Hall–Kier alpha value is -2.94. The van der Waals surface area contributed by atoms with Gasteiger partial charge in [-0.2, -0.15) is 11.8 Å². The van der Waals surface area contributed by atoms with Gasteiger partial charge in [0.15, 0.2) is 0 Å². The second kappa shape index (κ2) is 12.9. The molecule has 0 aliphatic carbocycles. The molecule has 0 aliphatic rings. The summed E-state index contributed by atoms with van der Waals surface area (Å²) in [6.45, 7) is 2.30. The van der Waals surface area contributed by atoms with E-state index >= 15 is 0 Å². The molecule has 2 atom stereocenters. The van der Waals surface area contributed by atoms with Gasteiger partial charge in [-0.1, -0.05) is 97.9 Å². The van der Waals surface area contributed by atoms with Crippen molar-refractivity contribution < 1.29 is 13.6 Å². The van der Waals surface area contributed by atoms with Crippen LogP contribution < -0.4 is 9.05 Å². The van der Waals surface area contributed by atoms with Gasteiger partial charge in [0, 0.05) is 0 Å². The molecule has 0 spiro atoms. The molecular weight excluding hydrogens is 483 g/mol. The van der Waals surface area contributed by atoms with Gasteiger partial charge in [-0.25, -0.2) is 4.57 Å². The Balaban J connectivity index is 1.51. The highest BCUT2D eigenvalue weighted by Crippen LogP contribution is 2.51. The van der Waals surface area contributed by atoms with E-state index in [4.69, 9.17) is 9.05 Å². The number of para-hydroxylation sites is 2. The third kappa shape index (κ3) is 7.53. The van der Waals surface area contributed by atoms with Crippen LogP contribution in [0.1, 0.15) is 41.9 Å². The van der Waals surface area contributed by atoms with Crippen molar-refractivity contribution in [3.05, 3.63) is 132 Å². The molecule has 4 aromatic rings. The second-order valence-corrected chi connectivity index (χ2v) is 11.8. The van der Waals surface area contributed by atoms with E-state index in [2.05, 4.69) is 67.8 Å². The van der Waals surface area contributed by atoms with Crippen LogP contribution >= 0.6 is 19.4 Å². The molecule has 0 amide bonds. The first-order chi connectivity index (χ1) is 17.5. The van der Waals surface area contributed by atoms with E-state index in [9.17, 15) is 4.57 Å². The minimum atomic E-state index is -3.50. The SMILES string of the molecule is CSCC(CC(C)c1ccccc1)c1ccc(CP(=O)(Oc2ccccc2)Oc2ccccc2)cc1. The summed E-state index contributed by atoms with van der Waals surface area (Å²) < 4.78 is 25.8. The van der Waals surface area contributed by atoms with Gasteiger partial charge in [0.1, 0.15) is 11.5 Å². The van der Waals surface area contributed by atoms with Gasteiger partial charge in [0.2, 0.25) is 0 Å². The monoisotopic (exact) mass is 516 g/mol. The van der Waals surface area contributed by atoms with Crippen molar-refractivity contribution >= 4 is 19.4 Å². The predicted octanol–water partition coefficient (Wildman–Crippen LogP) is 9.18. The molecule has 0 aromatic heterocycles. The summed E-state index contributed by atoms with van der Waals surface area (Å²) in [7, 11) is -3.50. The highest BCUT2D eigenvalue weighted by Gasteiger charge is 2.29. The van der Waals surface area contributed by atoms with Crippen molar-refractivity contribution in [3.63, 3.8) is 0 Å². The molecule has 0 saturated heterocycles. The average Bonchev–Trinajstić information content (AvgIpc) is 2.90. The molecule has 0 heterocycles. The minimum absolute atomic E-state index is 0.185. The lowest BCUT2D eigenvalue weighted by molar-refractivity contribution is 0.384. The van der Waals surface area contributed by atoms with Crippen molar-refractivity contribution in [2.75, 3.05) is 12.0 Å². The zero-order valence-electron chi connectivity index (χ0n) is 20.8. The summed E-state index contributed by atoms with van der Waals surface area (Å²) in [5.74, 6) is 3.04. The standard InChI is InChI=1S/C31H33O3PS/c1-25(27-12-6-3-7-13-27)22-29(24-36-2)28-20-18-26(19-21-28)23-35(32,33-30-14-8-4-9-15-30)34-31-16-10-5-11-17-31/h3-21,25,29H,22-24H2,1-2H3. The van der Waals surface area contributed by atoms with Crippen molar-refractivity contribution in [3.8, 4) is 11.5 Å². The maximum Gasteiger partial charge on any atom is 0.435 e. The molecule has 4 aromatic carbocycles. The van der Waals surface area contributed by atoms with Gasteiger partial charge in [-0.15, -0.1) is 0 Å². The van der Waals surface area contributed by atoms with E-state index in [0.717, 1.165) is 17.7 Å². The summed E-state index contributed by atoms with van der Waals surface area (Å²) in [4.78, 5) is 0. The van der Waals surface area contributed by atoms with Crippen LogP contribution in [0.4, 0.5) is 0 Å². The molecule has 4 rings (SSSR count). The number of hydrogen-bond donors (Lipinski definition) is 0. The largest absolute Gasteiger partial charge is 0.435 e. The van der Waals surface area contributed by atoms with E-state index in [0.29, 0.717) is 23.3 Å². The van der Waals surface area contributed by atoms with Crippen molar-refractivity contribution in [2.45, 2.75) is 31.3 Å². The maximum absolute atomic E-state index is 13.9. The van der Waals surface area contributed by atoms with Gasteiger partial charge < -0.3 is 9.05 Å². The van der Waals surface area contributed by atoms with Gasteiger partial charge >= 0.3 is 7.60 Å².